The summed E-state index contributed by atoms with van der Waals surface area (Å²) < 4.78 is 113. The van der Waals surface area contributed by atoms with Gasteiger partial charge in [0.1, 0.15) is 39.0 Å². The molecule has 0 bridgehead atoms. The average Bonchev–Trinajstić information content (AvgIpc) is 2.90. The summed E-state index contributed by atoms with van der Waals surface area (Å²) in [5.74, 6) is -14.4. The predicted octanol–water partition coefficient (Wildman–Crippen LogP) is 4.59. The highest BCUT2D eigenvalue weighted by molar-refractivity contribution is 6.22. The molecule has 0 amide bonds. The van der Waals surface area contributed by atoms with Gasteiger partial charge in [0.25, 0.3) is 23.8 Å². The second-order valence-electron chi connectivity index (χ2n) is 8.44. The standard InChI is InChI=1S/C21H4F8N10/c1-21-11(25)3(23)2(22)4(24)12(21)30-8-6-5(31-17-18(32-6)36-14(27)13(26)35-17)7-9(10(8)39-21)34-20-19(33-7)37-15(28)16(29)38-20/h39H,1H3. The van der Waals surface area contributed by atoms with E-state index < -0.39 is 86.6 Å². The van der Waals surface area contributed by atoms with E-state index in [1.54, 1.807) is 0 Å². The van der Waals surface area contributed by atoms with E-state index in [0.717, 1.165) is 6.92 Å². The zero-order valence-corrected chi connectivity index (χ0v) is 18.5. The van der Waals surface area contributed by atoms with Crippen molar-refractivity contribution >= 4 is 61.7 Å². The maximum absolute atomic E-state index is 15.0. The molecule has 1 unspecified atom stereocenters. The van der Waals surface area contributed by atoms with Crippen LogP contribution in [-0.2, 0) is 0 Å². The van der Waals surface area contributed by atoms with Crippen LogP contribution >= 0.6 is 0 Å². The molecule has 10 nitrogen and oxygen atoms in total. The van der Waals surface area contributed by atoms with E-state index in [4.69, 9.17) is 0 Å². The molecule has 0 fully saturated rings. The Morgan fingerprint density at radius 2 is 0.949 bits per heavy atom. The molecule has 1 atom stereocenters. The first-order valence-corrected chi connectivity index (χ1v) is 10.5. The highest BCUT2D eigenvalue weighted by Crippen LogP contribution is 2.49. The SMILES string of the molecule is CC12Nc3c(c4nc5nc(F)c(F)nc5nc4c4nc5nc(F)c(F)nc5nc34)N=C1C(F)=C(F)C(F)=C2F. The molecule has 1 aromatic carbocycles. The summed E-state index contributed by atoms with van der Waals surface area (Å²) in [5, 5.41) is 2.50. The molecule has 18 heteroatoms. The molecule has 0 saturated carbocycles. The molecule has 1 aliphatic heterocycles. The molecule has 0 saturated heterocycles. The van der Waals surface area contributed by atoms with Crippen LogP contribution in [0.2, 0.25) is 0 Å². The Morgan fingerprint density at radius 1 is 0.513 bits per heavy atom. The van der Waals surface area contributed by atoms with Crippen molar-refractivity contribution < 1.29 is 35.1 Å². The Labute approximate surface area is 207 Å². The Kier molecular flexibility index (Phi) is 4.32. The molecule has 194 valence electrons. The van der Waals surface area contributed by atoms with Gasteiger partial charge >= 0.3 is 0 Å². The van der Waals surface area contributed by atoms with Crippen LogP contribution in [0.1, 0.15) is 6.92 Å². The number of fused-ring (bicyclic) bond motifs is 9. The van der Waals surface area contributed by atoms with Crippen LogP contribution in [0.25, 0.3) is 44.7 Å². The monoisotopic (exact) mass is 548 g/mol. The summed E-state index contributed by atoms with van der Waals surface area (Å²) in [7, 11) is 0. The van der Waals surface area contributed by atoms with Crippen LogP contribution in [0.3, 0.4) is 0 Å². The highest BCUT2D eigenvalue weighted by atomic mass is 19.2. The fourth-order valence-electron chi connectivity index (χ4n) is 4.30. The second-order valence-corrected chi connectivity index (χ2v) is 8.44. The normalized spacial score (nSPS) is 19.2. The first-order valence-electron chi connectivity index (χ1n) is 10.5. The summed E-state index contributed by atoms with van der Waals surface area (Å²) in [5.41, 5.74) is -7.59. The number of rotatable bonds is 0. The zero-order valence-electron chi connectivity index (χ0n) is 18.5. The predicted molar refractivity (Wildman–Crippen MR) is 116 cm³/mol. The van der Waals surface area contributed by atoms with Crippen molar-refractivity contribution in [2.75, 3.05) is 5.32 Å². The zero-order chi connectivity index (χ0) is 27.5. The number of nitrogens with zero attached hydrogens (tertiary/aromatic N) is 9. The Hall–Kier alpha value is -5.03. The summed E-state index contributed by atoms with van der Waals surface area (Å²) in [6.45, 7) is 0.949. The molecular weight excluding hydrogens is 544 g/mol. The second kappa shape index (κ2) is 7.29. The van der Waals surface area contributed by atoms with Crippen LogP contribution in [0.15, 0.2) is 28.3 Å². The van der Waals surface area contributed by atoms with Crippen molar-refractivity contribution in [2.45, 2.75) is 12.5 Å². The van der Waals surface area contributed by atoms with Crippen molar-refractivity contribution in [2.24, 2.45) is 4.99 Å². The summed E-state index contributed by atoms with van der Waals surface area (Å²) in [6, 6.07) is 0. The van der Waals surface area contributed by atoms with Gasteiger partial charge in [0.2, 0.25) is 22.6 Å². The molecular formula is C21H4F8N10. The van der Waals surface area contributed by atoms with Gasteiger partial charge in [0.05, 0.1) is 5.69 Å². The largest absolute Gasteiger partial charge is 0.365 e. The van der Waals surface area contributed by atoms with Crippen LogP contribution in [0.5, 0.6) is 0 Å². The minimum Gasteiger partial charge on any atom is -0.365 e. The van der Waals surface area contributed by atoms with E-state index in [-0.39, 0.29) is 27.8 Å². The molecule has 4 aromatic heterocycles. The lowest BCUT2D eigenvalue weighted by atomic mass is 9.85. The van der Waals surface area contributed by atoms with Crippen LogP contribution in [0, 0.1) is 23.8 Å². The lowest BCUT2D eigenvalue weighted by Crippen LogP contribution is -2.48. The van der Waals surface area contributed by atoms with Crippen molar-refractivity contribution in [3.05, 3.63) is 47.1 Å². The van der Waals surface area contributed by atoms with Gasteiger partial charge in [-0.2, -0.15) is 37.5 Å². The molecule has 7 rings (SSSR count). The van der Waals surface area contributed by atoms with Gasteiger partial charge in [-0.25, -0.2) is 42.5 Å². The minimum absolute atomic E-state index is 0.310. The Morgan fingerprint density at radius 3 is 1.46 bits per heavy atom. The molecule has 39 heavy (non-hydrogen) atoms. The average molecular weight is 548 g/mol. The number of aromatic nitrogens is 8. The van der Waals surface area contributed by atoms with Gasteiger partial charge in [0, 0.05) is 0 Å². The number of allylic oxidation sites excluding steroid dienone is 2. The third-order valence-electron chi connectivity index (χ3n) is 6.10. The smallest absolute Gasteiger partial charge is 0.270 e. The van der Waals surface area contributed by atoms with Gasteiger partial charge in [-0.15, -0.1) is 0 Å². The van der Waals surface area contributed by atoms with E-state index in [1.165, 1.54) is 0 Å². The number of hydrogen-bond donors (Lipinski definition) is 1. The Balaban J connectivity index is 1.70. The number of nitrogens with one attached hydrogen (secondary N) is 1. The molecule has 0 spiro atoms. The third-order valence-corrected chi connectivity index (χ3v) is 6.10. The van der Waals surface area contributed by atoms with E-state index in [2.05, 4.69) is 50.2 Å². The third kappa shape index (κ3) is 2.93. The number of aliphatic imine (C=N–C) groups is 1. The number of hydrogen-bond acceptors (Lipinski definition) is 10. The maximum Gasteiger partial charge on any atom is 0.270 e. The van der Waals surface area contributed by atoms with E-state index in [9.17, 15) is 30.7 Å². The molecule has 5 heterocycles. The number of anilines is 1. The molecule has 2 aliphatic rings. The van der Waals surface area contributed by atoms with Crippen molar-refractivity contribution in [3.8, 4) is 0 Å². The van der Waals surface area contributed by atoms with Crippen LogP contribution < -0.4 is 5.32 Å². The van der Waals surface area contributed by atoms with Gasteiger partial charge < -0.3 is 5.32 Å². The molecule has 0 radical (unpaired) electrons. The van der Waals surface area contributed by atoms with Crippen LogP contribution in [0.4, 0.5) is 46.5 Å². The summed E-state index contributed by atoms with van der Waals surface area (Å²) in [6.07, 6.45) is 0. The van der Waals surface area contributed by atoms with Crippen LogP contribution in [-0.4, -0.2) is 51.1 Å². The topological polar surface area (TPSA) is 128 Å². The molecule has 1 N–H and O–H groups in total. The molecule has 1 aliphatic carbocycles. The van der Waals surface area contributed by atoms with Gasteiger partial charge in [-0.05, 0) is 6.92 Å². The van der Waals surface area contributed by atoms with Crippen molar-refractivity contribution in [3.63, 3.8) is 0 Å². The summed E-state index contributed by atoms with van der Waals surface area (Å²) >= 11 is 0. The van der Waals surface area contributed by atoms with Crippen molar-refractivity contribution in [1.82, 2.24) is 39.9 Å². The fourth-order valence-corrected chi connectivity index (χ4v) is 4.30. The minimum atomic E-state index is -2.42. The quantitative estimate of drug-likeness (QED) is 0.168. The lowest BCUT2D eigenvalue weighted by molar-refractivity contribution is 0.420. The van der Waals surface area contributed by atoms with E-state index in [0.29, 0.717) is 0 Å². The number of benzene rings is 1. The van der Waals surface area contributed by atoms with Crippen molar-refractivity contribution in [1.29, 1.82) is 0 Å². The van der Waals surface area contributed by atoms with Gasteiger partial charge in [0.15, 0.2) is 23.3 Å². The molecule has 5 aromatic rings. The highest BCUT2D eigenvalue weighted by Gasteiger charge is 2.49. The first-order chi connectivity index (χ1) is 18.5. The lowest BCUT2D eigenvalue weighted by Gasteiger charge is -2.37. The van der Waals surface area contributed by atoms with E-state index >= 15 is 4.39 Å². The van der Waals surface area contributed by atoms with Gasteiger partial charge in [-0.3, -0.25) is 0 Å². The Bertz CT molecular complexity index is 2110. The summed E-state index contributed by atoms with van der Waals surface area (Å²) in [4.78, 5) is 33.5. The first kappa shape index (κ1) is 23.1. The maximum atomic E-state index is 15.0. The fraction of sp³-hybridized carbons (Fsp3) is 0.0952. The van der Waals surface area contributed by atoms with Gasteiger partial charge in [-0.1, -0.05) is 0 Å². The van der Waals surface area contributed by atoms with E-state index in [1.807, 2.05) is 0 Å². The number of halogens is 8.